The third kappa shape index (κ3) is 5.06. The van der Waals surface area contributed by atoms with Gasteiger partial charge in [0.25, 0.3) is 0 Å². The van der Waals surface area contributed by atoms with E-state index in [9.17, 15) is 4.79 Å². The summed E-state index contributed by atoms with van der Waals surface area (Å²) in [5.74, 6) is 1.51. The van der Waals surface area contributed by atoms with E-state index in [1.807, 2.05) is 42.7 Å². The SMILES string of the molecule is COc1ccc(-c2nnc(SC(C)C(=O)Nc3ncc(Cl)cc3Cl)n2C(C)C)cc1. The Kier molecular flexibility index (Phi) is 7.23. The number of nitrogens with one attached hydrogen (secondary N) is 1. The minimum Gasteiger partial charge on any atom is -0.497 e. The molecule has 0 fully saturated rings. The lowest BCUT2D eigenvalue weighted by atomic mass is 10.2. The molecule has 0 aliphatic carbocycles. The number of methoxy groups -OCH3 is 1. The van der Waals surface area contributed by atoms with E-state index in [1.54, 1.807) is 14.0 Å². The number of carbonyl (C=O) groups excluding carboxylic acids is 1. The summed E-state index contributed by atoms with van der Waals surface area (Å²) in [6.45, 7) is 5.88. The average Bonchev–Trinajstić information content (AvgIpc) is 3.13. The molecule has 0 bridgehead atoms. The van der Waals surface area contributed by atoms with E-state index in [1.165, 1.54) is 24.0 Å². The van der Waals surface area contributed by atoms with Crippen molar-refractivity contribution in [2.45, 2.75) is 37.2 Å². The standard InChI is InChI=1S/C20H21Cl2N5O2S/c1-11(2)27-18(13-5-7-15(29-4)8-6-13)25-26-20(27)30-12(3)19(28)24-17-16(22)9-14(21)10-23-17/h5-12H,1-4H3,(H,23,24,28). The van der Waals surface area contributed by atoms with Crippen molar-refractivity contribution in [3.05, 3.63) is 46.6 Å². The van der Waals surface area contributed by atoms with Gasteiger partial charge in [0.1, 0.15) is 5.75 Å². The summed E-state index contributed by atoms with van der Waals surface area (Å²) < 4.78 is 7.22. The number of thioether (sulfide) groups is 1. The summed E-state index contributed by atoms with van der Waals surface area (Å²) in [7, 11) is 1.62. The molecule has 1 atom stereocenters. The van der Waals surface area contributed by atoms with Crippen molar-refractivity contribution >= 4 is 46.7 Å². The fraction of sp³-hybridized carbons (Fsp3) is 0.300. The molecule has 1 unspecified atom stereocenters. The molecule has 1 aromatic carbocycles. The highest BCUT2D eigenvalue weighted by molar-refractivity contribution is 8.00. The first kappa shape index (κ1) is 22.4. The minimum absolute atomic E-state index is 0.0993. The van der Waals surface area contributed by atoms with E-state index < -0.39 is 5.25 Å². The van der Waals surface area contributed by atoms with Gasteiger partial charge in [-0.05, 0) is 51.1 Å². The molecule has 0 spiro atoms. The van der Waals surface area contributed by atoms with Gasteiger partial charge in [-0.15, -0.1) is 10.2 Å². The molecule has 2 heterocycles. The molecule has 3 aromatic rings. The molecule has 30 heavy (non-hydrogen) atoms. The van der Waals surface area contributed by atoms with E-state index in [4.69, 9.17) is 27.9 Å². The van der Waals surface area contributed by atoms with Crippen LogP contribution in [-0.2, 0) is 4.79 Å². The predicted octanol–water partition coefficient (Wildman–Crippen LogP) is 5.36. The fourth-order valence-corrected chi connectivity index (χ4v) is 4.10. The highest BCUT2D eigenvalue weighted by Gasteiger charge is 2.23. The molecule has 7 nitrogen and oxygen atoms in total. The van der Waals surface area contributed by atoms with Gasteiger partial charge < -0.3 is 10.1 Å². The molecule has 0 aliphatic heterocycles. The second-order valence-electron chi connectivity index (χ2n) is 6.73. The number of ether oxygens (including phenoxy) is 1. The lowest BCUT2D eigenvalue weighted by Gasteiger charge is -2.16. The number of anilines is 1. The maximum Gasteiger partial charge on any atom is 0.238 e. The predicted molar refractivity (Wildman–Crippen MR) is 121 cm³/mol. The van der Waals surface area contributed by atoms with Crippen LogP contribution in [0.1, 0.15) is 26.8 Å². The van der Waals surface area contributed by atoms with Crippen molar-refractivity contribution < 1.29 is 9.53 Å². The van der Waals surface area contributed by atoms with Gasteiger partial charge in [0.05, 0.1) is 22.4 Å². The quantitative estimate of drug-likeness (QED) is 0.473. The van der Waals surface area contributed by atoms with Crippen LogP contribution in [0.15, 0.2) is 41.7 Å². The number of rotatable bonds is 7. The number of hydrogen-bond donors (Lipinski definition) is 1. The van der Waals surface area contributed by atoms with Crippen molar-refractivity contribution in [1.82, 2.24) is 19.7 Å². The van der Waals surface area contributed by atoms with E-state index in [0.717, 1.165) is 17.1 Å². The van der Waals surface area contributed by atoms with Gasteiger partial charge in [0, 0.05) is 17.8 Å². The summed E-state index contributed by atoms with van der Waals surface area (Å²) in [6, 6.07) is 9.24. The molecule has 2 aromatic heterocycles. The Bertz CT molecular complexity index is 1040. The van der Waals surface area contributed by atoms with Gasteiger partial charge in [-0.25, -0.2) is 4.98 Å². The zero-order valence-corrected chi connectivity index (χ0v) is 19.2. The van der Waals surface area contributed by atoms with Gasteiger partial charge in [0.2, 0.25) is 5.91 Å². The second-order valence-corrected chi connectivity index (χ2v) is 8.88. The summed E-state index contributed by atoms with van der Waals surface area (Å²) in [6.07, 6.45) is 1.43. The minimum atomic E-state index is -0.455. The summed E-state index contributed by atoms with van der Waals surface area (Å²) >= 11 is 13.3. The van der Waals surface area contributed by atoms with Gasteiger partial charge in [-0.3, -0.25) is 9.36 Å². The van der Waals surface area contributed by atoms with Crippen LogP contribution in [0.5, 0.6) is 5.75 Å². The van der Waals surface area contributed by atoms with E-state index in [-0.39, 0.29) is 22.8 Å². The maximum absolute atomic E-state index is 12.6. The lowest BCUT2D eigenvalue weighted by Crippen LogP contribution is -2.23. The van der Waals surface area contributed by atoms with Gasteiger partial charge in [0.15, 0.2) is 16.8 Å². The first-order valence-corrected chi connectivity index (χ1v) is 10.8. The molecule has 1 amide bonds. The van der Waals surface area contributed by atoms with E-state index >= 15 is 0 Å². The van der Waals surface area contributed by atoms with Gasteiger partial charge in [-0.1, -0.05) is 35.0 Å². The second kappa shape index (κ2) is 9.68. The summed E-state index contributed by atoms with van der Waals surface area (Å²) in [5, 5.41) is 12.3. The van der Waals surface area contributed by atoms with Crippen LogP contribution in [0, 0.1) is 0 Å². The normalized spacial score (nSPS) is 12.1. The molecular formula is C20H21Cl2N5O2S. The Morgan fingerprint density at radius 1 is 1.17 bits per heavy atom. The van der Waals surface area contributed by atoms with E-state index in [0.29, 0.717) is 10.2 Å². The van der Waals surface area contributed by atoms with Crippen LogP contribution in [0.25, 0.3) is 11.4 Å². The topological polar surface area (TPSA) is 81.9 Å². The van der Waals surface area contributed by atoms with Crippen molar-refractivity contribution in [1.29, 1.82) is 0 Å². The number of benzene rings is 1. The molecular weight excluding hydrogens is 445 g/mol. The maximum atomic E-state index is 12.6. The van der Waals surface area contributed by atoms with Gasteiger partial charge >= 0.3 is 0 Å². The van der Waals surface area contributed by atoms with Crippen LogP contribution in [0.2, 0.25) is 10.0 Å². The number of amides is 1. The number of pyridine rings is 1. The lowest BCUT2D eigenvalue weighted by molar-refractivity contribution is -0.115. The smallest absolute Gasteiger partial charge is 0.238 e. The Labute approximate surface area is 189 Å². The number of hydrogen-bond acceptors (Lipinski definition) is 6. The van der Waals surface area contributed by atoms with Gasteiger partial charge in [-0.2, -0.15) is 0 Å². The molecule has 1 N–H and O–H groups in total. The molecule has 10 heteroatoms. The molecule has 158 valence electrons. The van der Waals surface area contributed by atoms with Crippen LogP contribution >= 0.6 is 35.0 Å². The van der Waals surface area contributed by atoms with E-state index in [2.05, 4.69) is 20.5 Å². The third-order valence-electron chi connectivity index (χ3n) is 4.23. The first-order chi connectivity index (χ1) is 14.3. The number of carbonyl (C=O) groups is 1. The van der Waals surface area contributed by atoms with Crippen LogP contribution in [-0.4, -0.2) is 38.0 Å². The van der Waals surface area contributed by atoms with Crippen LogP contribution in [0.4, 0.5) is 5.82 Å². The fourth-order valence-electron chi connectivity index (χ4n) is 2.70. The zero-order valence-electron chi connectivity index (χ0n) is 16.9. The number of nitrogens with zero attached hydrogens (tertiary/aromatic N) is 4. The van der Waals surface area contributed by atoms with Crippen LogP contribution < -0.4 is 10.1 Å². The molecule has 0 saturated heterocycles. The highest BCUT2D eigenvalue weighted by atomic mass is 35.5. The van der Waals surface area contributed by atoms with Crippen LogP contribution in [0.3, 0.4) is 0 Å². The largest absolute Gasteiger partial charge is 0.497 e. The Balaban J connectivity index is 1.79. The monoisotopic (exact) mass is 465 g/mol. The average molecular weight is 466 g/mol. The Hall–Kier alpha value is -2.29. The molecule has 0 radical (unpaired) electrons. The Morgan fingerprint density at radius 2 is 1.87 bits per heavy atom. The molecule has 0 aliphatic rings. The number of aromatic nitrogens is 4. The molecule has 0 saturated carbocycles. The zero-order chi connectivity index (χ0) is 21.8. The highest BCUT2D eigenvalue weighted by Crippen LogP contribution is 2.31. The van der Waals surface area contributed by atoms with Crippen molar-refractivity contribution in [2.75, 3.05) is 12.4 Å². The Morgan fingerprint density at radius 3 is 2.47 bits per heavy atom. The summed E-state index contributed by atoms with van der Waals surface area (Å²) in [5.41, 5.74) is 0.915. The third-order valence-corrected chi connectivity index (χ3v) is 5.78. The summed E-state index contributed by atoms with van der Waals surface area (Å²) in [4.78, 5) is 16.7. The van der Waals surface area contributed by atoms with Crippen molar-refractivity contribution in [2.24, 2.45) is 0 Å². The van der Waals surface area contributed by atoms with Crippen molar-refractivity contribution in [3.8, 4) is 17.1 Å². The molecule has 3 rings (SSSR count). The van der Waals surface area contributed by atoms with Crippen molar-refractivity contribution in [3.63, 3.8) is 0 Å². The number of halogens is 2. The first-order valence-electron chi connectivity index (χ1n) is 9.18.